The van der Waals surface area contributed by atoms with E-state index in [2.05, 4.69) is 20.3 Å². The molecule has 0 saturated heterocycles. The lowest BCUT2D eigenvalue weighted by atomic mass is 10.2. The number of hydrogen-bond donors (Lipinski definition) is 2. The van der Waals surface area contributed by atoms with Gasteiger partial charge in [0.15, 0.2) is 0 Å². The molecule has 0 spiro atoms. The molecule has 1 aromatic carbocycles. The zero-order valence-electron chi connectivity index (χ0n) is 10.3. The van der Waals surface area contributed by atoms with Crippen LogP contribution in [-0.2, 0) is 0 Å². The number of carbonyl (C=O) groups excluding carboxylic acids is 1. The zero-order valence-corrected chi connectivity index (χ0v) is 10.3. The van der Waals surface area contributed by atoms with Crippen LogP contribution >= 0.6 is 0 Å². The van der Waals surface area contributed by atoms with Crippen molar-refractivity contribution in [3.05, 3.63) is 54.1 Å². The SMILES string of the molecule is Cc1ccc(C(=O)Nc2cccc3[nH]cnc23)cn1. The van der Waals surface area contributed by atoms with Crippen LogP contribution in [0.4, 0.5) is 5.69 Å². The minimum atomic E-state index is -0.192. The van der Waals surface area contributed by atoms with Crippen molar-refractivity contribution in [3.63, 3.8) is 0 Å². The highest BCUT2D eigenvalue weighted by Crippen LogP contribution is 2.20. The van der Waals surface area contributed by atoms with Gasteiger partial charge in [-0.15, -0.1) is 0 Å². The number of para-hydroxylation sites is 1. The fraction of sp³-hybridized carbons (Fsp3) is 0.0714. The van der Waals surface area contributed by atoms with Crippen molar-refractivity contribution >= 4 is 22.6 Å². The van der Waals surface area contributed by atoms with Crippen molar-refractivity contribution in [1.29, 1.82) is 0 Å². The number of imidazole rings is 1. The lowest BCUT2D eigenvalue weighted by Crippen LogP contribution is -2.12. The molecule has 3 rings (SSSR count). The molecule has 0 aliphatic carbocycles. The Labute approximate surface area is 109 Å². The van der Waals surface area contributed by atoms with E-state index in [4.69, 9.17) is 0 Å². The van der Waals surface area contributed by atoms with Crippen molar-refractivity contribution in [3.8, 4) is 0 Å². The van der Waals surface area contributed by atoms with E-state index in [1.54, 1.807) is 18.6 Å². The number of amides is 1. The largest absolute Gasteiger partial charge is 0.345 e. The molecule has 3 aromatic rings. The molecule has 2 aromatic heterocycles. The Balaban J connectivity index is 1.90. The number of pyridine rings is 1. The van der Waals surface area contributed by atoms with E-state index in [1.807, 2.05) is 31.2 Å². The predicted molar refractivity (Wildman–Crippen MR) is 73.0 cm³/mol. The maximum Gasteiger partial charge on any atom is 0.257 e. The zero-order chi connectivity index (χ0) is 13.2. The fourth-order valence-corrected chi connectivity index (χ4v) is 1.86. The number of nitrogens with zero attached hydrogens (tertiary/aromatic N) is 2. The van der Waals surface area contributed by atoms with Crippen molar-refractivity contribution in [2.75, 3.05) is 5.32 Å². The highest BCUT2D eigenvalue weighted by atomic mass is 16.1. The Morgan fingerprint density at radius 3 is 2.89 bits per heavy atom. The van der Waals surface area contributed by atoms with Crippen LogP contribution < -0.4 is 5.32 Å². The number of aromatic amines is 1. The number of benzene rings is 1. The molecule has 5 heteroatoms. The van der Waals surface area contributed by atoms with Crippen LogP contribution in [-0.4, -0.2) is 20.9 Å². The second kappa shape index (κ2) is 4.53. The van der Waals surface area contributed by atoms with Crippen LogP contribution in [0.1, 0.15) is 16.1 Å². The highest BCUT2D eigenvalue weighted by Gasteiger charge is 2.09. The van der Waals surface area contributed by atoms with Crippen LogP contribution in [0.15, 0.2) is 42.9 Å². The smallest absolute Gasteiger partial charge is 0.257 e. The molecular formula is C14H12N4O. The molecule has 0 aliphatic heterocycles. The number of fused-ring (bicyclic) bond motifs is 1. The molecule has 0 bridgehead atoms. The summed E-state index contributed by atoms with van der Waals surface area (Å²) in [6, 6.07) is 9.16. The lowest BCUT2D eigenvalue weighted by molar-refractivity contribution is 0.102. The van der Waals surface area contributed by atoms with Gasteiger partial charge in [-0.1, -0.05) is 6.07 Å². The highest BCUT2D eigenvalue weighted by molar-refractivity contribution is 6.07. The van der Waals surface area contributed by atoms with Gasteiger partial charge in [-0.25, -0.2) is 4.98 Å². The molecule has 0 saturated carbocycles. The van der Waals surface area contributed by atoms with Gasteiger partial charge in [-0.05, 0) is 31.2 Å². The Kier molecular flexibility index (Phi) is 2.72. The average molecular weight is 252 g/mol. The second-order valence-corrected chi connectivity index (χ2v) is 4.25. The first-order valence-corrected chi connectivity index (χ1v) is 5.90. The van der Waals surface area contributed by atoms with Crippen LogP contribution in [0.3, 0.4) is 0 Å². The topological polar surface area (TPSA) is 70.7 Å². The number of H-pyrrole nitrogens is 1. The van der Waals surface area contributed by atoms with Crippen LogP contribution in [0, 0.1) is 6.92 Å². The Morgan fingerprint density at radius 2 is 2.11 bits per heavy atom. The van der Waals surface area contributed by atoms with Crippen molar-refractivity contribution in [1.82, 2.24) is 15.0 Å². The number of hydrogen-bond acceptors (Lipinski definition) is 3. The molecule has 0 fully saturated rings. The number of aromatic nitrogens is 3. The molecular weight excluding hydrogens is 240 g/mol. The molecule has 19 heavy (non-hydrogen) atoms. The second-order valence-electron chi connectivity index (χ2n) is 4.25. The van der Waals surface area contributed by atoms with E-state index in [0.29, 0.717) is 11.3 Å². The number of aryl methyl sites for hydroxylation is 1. The first-order chi connectivity index (χ1) is 9.24. The molecule has 5 nitrogen and oxygen atoms in total. The van der Waals surface area contributed by atoms with Gasteiger partial charge >= 0.3 is 0 Å². The molecule has 0 unspecified atom stereocenters. The van der Waals surface area contributed by atoms with Gasteiger partial charge < -0.3 is 10.3 Å². The number of carbonyl (C=O) groups is 1. The lowest BCUT2D eigenvalue weighted by Gasteiger charge is -2.05. The predicted octanol–water partition coefficient (Wildman–Crippen LogP) is 2.52. The van der Waals surface area contributed by atoms with Gasteiger partial charge in [-0.2, -0.15) is 0 Å². The summed E-state index contributed by atoms with van der Waals surface area (Å²) in [6.45, 7) is 1.88. The van der Waals surface area contributed by atoms with Crippen molar-refractivity contribution in [2.45, 2.75) is 6.92 Å². The van der Waals surface area contributed by atoms with Gasteiger partial charge in [0.05, 0.1) is 23.1 Å². The van der Waals surface area contributed by atoms with Crippen molar-refractivity contribution < 1.29 is 4.79 Å². The third kappa shape index (κ3) is 2.18. The van der Waals surface area contributed by atoms with Gasteiger partial charge in [0.1, 0.15) is 5.52 Å². The fourth-order valence-electron chi connectivity index (χ4n) is 1.86. The number of rotatable bonds is 2. The summed E-state index contributed by atoms with van der Waals surface area (Å²) in [5, 5.41) is 2.85. The van der Waals surface area contributed by atoms with Crippen LogP contribution in [0.2, 0.25) is 0 Å². The molecule has 0 atom stereocenters. The first-order valence-electron chi connectivity index (χ1n) is 5.90. The average Bonchev–Trinajstić information content (AvgIpc) is 2.89. The quantitative estimate of drug-likeness (QED) is 0.736. The van der Waals surface area contributed by atoms with E-state index in [0.717, 1.165) is 16.7 Å². The van der Waals surface area contributed by atoms with Crippen LogP contribution in [0.5, 0.6) is 0 Å². The molecule has 94 valence electrons. The summed E-state index contributed by atoms with van der Waals surface area (Å²) < 4.78 is 0. The third-order valence-corrected chi connectivity index (χ3v) is 2.87. The van der Waals surface area contributed by atoms with E-state index in [9.17, 15) is 4.79 Å². The van der Waals surface area contributed by atoms with Gasteiger partial charge in [0, 0.05) is 11.9 Å². The number of anilines is 1. The first kappa shape index (κ1) is 11.4. The Hall–Kier alpha value is -2.69. The summed E-state index contributed by atoms with van der Waals surface area (Å²) in [6.07, 6.45) is 3.17. The maximum absolute atomic E-state index is 12.1. The molecule has 2 heterocycles. The van der Waals surface area contributed by atoms with Gasteiger partial charge in [-0.3, -0.25) is 9.78 Å². The maximum atomic E-state index is 12.1. The third-order valence-electron chi connectivity index (χ3n) is 2.87. The Bertz CT molecular complexity index is 731. The van der Waals surface area contributed by atoms with Crippen LogP contribution in [0.25, 0.3) is 11.0 Å². The van der Waals surface area contributed by atoms with Crippen molar-refractivity contribution in [2.24, 2.45) is 0 Å². The molecule has 1 amide bonds. The van der Waals surface area contributed by atoms with E-state index in [1.165, 1.54) is 0 Å². The standard InChI is InChI=1S/C14H12N4O/c1-9-5-6-10(7-15-9)14(19)18-12-4-2-3-11-13(12)17-8-16-11/h2-8H,1H3,(H,16,17)(H,18,19). The van der Waals surface area contributed by atoms with Gasteiger partial charge in [0.25, 0.3) is 5.91 Å². The van der Waals surface area contributed by atoms with E-state index in [-0.39, 0.29) is 5.91 Å². The van der Waals surface area contributed by atoms with Gasteiger partial charge in [0.2, 0.25) is 0 Å². The summed E-state index contributed by atoms with van der Waals surface area (Å²) in [7, 11) is 0. The van der Waals surface area contributed by atoms with E-state index < -0.39 is 0 Å². The minimum absolute atomic E-state index is 0.192. The summed E-state index contributed by atoms with van der Waals surface area (Å²) in [4.78, 5) is 23.4. The molecule has 0 radical (unpaired) electrons. The molecule has 0 aliphatic rings. The summed E-state index contributed by atoms with van der Waals surface area (Å²) in [5.74, 6) is -0.192. The van der Waals surface area contributed by atoms with E-state index >= 15 is 0 Å². The monoisotopic (exact) mass is 252 g/mol. The summed E-state index contributed by atoms with van der Waals surface area (Å²) in [5.41, 5.74) is 3.73. The normalized spacial score (nSPS) is 10.6. The summed E-state index contributed by atoms with van der Waals surface area (Å²) >= 11 is 0. The Morgan fingerprint density at radius 1 is 1.21 bits per heavy atom. The minimum Gasteiger partial charge on any atom is -0.345 e. The molecule has 2 N–H and O–H groups in total. The number of nitrogens with one attached hydrogen (secondary N) is 2.